The summed E-state index contributed by atoms with van der Waals surface area (Å²) in [5.41, 5.74) is 3.50. The van der Waals surface area contributed by atoms with Crippen LogP contribution in [0.5, 0.6) is 5.88 Å². The van der Waals surface area contributed by atoms with E-state index in [1.807, 2.05) is 0 Å². The molecule has 0 saturated heterocycles. The number of nitrogens with two attached hydrogens (primary N) is 1. The van der Waals surface area contributed by atoms with Crippen molar-refractivity contribution < 1.29 is 22.7 Å². The van der Waals surface area contributed by atoms with Gasteiger partial charge in [-0.1, -0.05) is 24.6 Å². The van der Waals surface area contributed by atoms with Gasteiger partial charge in [0, 0.05) is 23.1 Å². The summed E-state index contributed by atoms with van der Waals surface area (Å²) in [6, 6.07) is 1.94. The minimum absolute atomic E-state index is 0.0158. The van der Waals surface area contributed by atoms with Gasteiger partial charge < -0.3 is 15.8 Å². The van der Waals surface area contributed by atoms with Crippen LogP contribution in [0.15, 0.2) is 29.5 Å². The molecule has 1 amide bonds. The highest BCUT2D eigenvalue weighted by atomic mass is 32.2. The molecule has 0 bridgehead atoms. The van der Waals surface area contributed by atoms with Crippen molar-refractivity contribution >= 4 is 28.5 Å². The normalized spacial score (nSPS) is 20.5. The van der Waals surface area contributed by atoms with E-state index in [2.05, 4.69) is 26.2 Å². The van der Waals surface area contributed by atoms with Crippen molar-refractivity contribution in [2.45, 2.75) is 12.5 Å². The Kier molecular flexibility index (Phi) is 6.70. The third-order valence-electron chi connectivity index (χ3n) is 4.73. The average Bonchev–Trinajstić information content (AvgIpc) is 2.76. The number of alkyl halides is 1. The number of amidine groups is 1. The number of thioether (sulfide) groups is 1. The van der Waals surface area contributed by atoms with Gasteiger partial charge in [0.15, 0.2) is 23.4 Å². The number of carbonyl (C=O) groups is 1. The van der Waals surface area contributed by atoms with E-state index in [1.54, 1.807) is 6.92 Å². The Morgan fingerprint density at radius 2 is 2.19 bits per heavy atom. The van der Waals surface area contributed by atoms with Crippen LogP contribution in [0.2, 0.25) is 0 Å². The second-order valence-electron chi connectivity index (χ2n) is 6.73. The molecule has 1 aromatic heterocycles. The molecule has 3 N–H and O–H groups in total. The third-order valence-corrected chi connectivity index (χ3v) is 5.78. The average molecular weight is 449 g/mol. The number of terminal acetylenes is 1. The lowest BCUT2D eigenvalue weighted by atomic mass is 9.80. The van der Waals surface area contributed by atoms with Crippen LogP contribution in [-0.4, -0.2) is 40.1 Å². The smallest absolute Gasteiger partial charge is 0.275 e. The topological polar surface area (TPSA) is 102 Å². The fraction of sp³-hybridized carbons (Fsp3) is 0.300. The van der Waals surface area contributed by atoms with Crippen molar-refractivity contribution in [3.63, 3.8) is 0 Å². The number of hydrogen-bond acceptors (Lipinski definition) is 7. The van der Waals surface area contributed by atoms with Crippen LogP contribution in [0.1, 0.15) is 23.0 Å². The van der Waals surface area contributed by atoms with Gasteiger partial charge in [-0.3, -0.25) is 4.79 Å². The first-order chi connectivity index (χ1) is 14.8. The van der Waals surface area contributed by atoms with E-state index in [-0.39, 0.29) is 34.6 Å². The maximum absolute atomic E-state index is 14.7. The molecule has 3 rings (SSSR count). The molecule has 0 spiro atoms. The molecule has 31 heavy (non-hydrogen) atoms. The lowest BCUT2D eigenvalue weighted by Crippen LogP contribution is -2.41. The maximum atomic E-state index is 14.7. The second-order valence-corrected chi connectivity index (χ2v) is 7.77. The summed E-state index contributed by atoms with van der Waals surface area (Å²) in [5, 5.41) is 2.48. The van der Waals surface area contributed by atoms with Crippen molar-refractivity contribution in [2.75, 3.05) is 24.4 Å². The number of nitrogens with one attached hydrogen (secondary N) is 1. The van der Waals surface area contributed by atoms with Gasteiger partial charge >= 0.3 is 0 Å². The van der Waals surface area contributed by atoms with E-state index < -0.39 is 35.7 Å². The minimum atomic E-state index is -1.70. The van der Waals surface area contributed by atoms with Crippen LogP contribution in [0.25, 0.3) is 0 Å². The Labute approximate surface area is 180 Å². The highest BCUT2D eigenvalue weighted by Crippen LogP contribution is 2.42. The fourth-order valence-corrected chi connectivity index (χ4v) is 3.97. The molecule has 162 valence electrons. The summed E-state index contributed by atoms with van der Waals surface area (Å²) in [7, 11) is 0. The number of aromatic nitrogens is 2. The first-order valence-corrected chi connectivity index (χ1v) is 10.0. The lowest BCUT2D eigenvalue weighted by Gasteiger charge is -2.37. The first kappa shape index (κ1) is 22.4. The zero-order valence-corrected chi connectivity index (χ0v) is 17.2. The van der Waals surface area contributed by atoms with Gasteiger partial charge in [0.1, 0.15) is 17.9 Å². The first-order valence-electron chi connectivity index (χ1n) is 9.04. The Morgan fingerprint density at radius 3 is 2.84 bits per heavy atom. The third kappa shape index (κ3) is 4.59. The monoisotopic (exact) mass is 449 g/mol. The Morgan fingerprint density at radius 1 is 1.42 bits per heavy atom. The van der Waals surface area contributed by atoms with Crippen molar-refractivity contribution in [1.82, 2.24) is 9.97 Å². The number of benzene rings is 1. The van der Waals surface area contributed by atoms with E-state index in [1.165, 1.54) is 18.0 Å². The number of halogens is 3. The molecule has 0 aliphatic carbocycles. The van der Waals surface area contributed by atoms with E-state index in [4.69, 9.17) is 16.9 Å². The van der Waals surface area contributed by atoms with Gasteiger partial charge in [-0.05, 0) is 12.0 Å². The highest BCUT2D eigenvalue weighted by Gasteiger charge is 2.44. The molecule has 1 aliphatic rings. The molecular weight excluding hydrogens is 431 g/mol. The molecule has 1 aromatic carbocycles. The molecule has 2 aromatic rings. The van der Waals surface area contributed by atoms with E-state index in [9.17, 15) is 18.0 Å². The van der Waals surface area contributed by atoms with Crippen LogP contribution in [-0.2, 0) is 5.54 Å². The molecule has 0 unspecified atom stereocenters. The molecule has 0 radical (unpaired) electrons. The number of anilines is 1. The van der Waals surface area contributed by atoms with Crippen LogP contribution in [0.4, 0.5) is 18.9 Å². The standard InChI is InChI=1S/C20H18F3N5O2S/c1-3-4-30-16-8-25-15(7-26-16)18(29)27-12-5-13(17(23)14(22)6-12)20(10-21)11(2)9-31-19(24)28-20/h1,5-8,11H,4,9-10H2,2H3,(H2,24,28)(H,27,29)/t11-,20+/m1/s1. The van der Waals surface area contributed by atoms with Gasteiger partial charge in [0.2, 0.25) is 5.88 Å². The van der Waals surface area contributed by atoms with Gasteiger partial charge in [-0.15, -0.1) is 6.42 Å². The van der Waals surface area contributed by atoms with Crippen molar-refractivity contribution in [3.8, 4) is 18.2 Å². The molecule has 11 heteroatoms. The van der Waals surface area contributed by atoms with E-state index >= 15 is 0 Å². The maximum Gasteiger partial charge on any atom is 0.275 e. The Bertz CT molecular complexity index is 1060. The fourth-order valence-electron chi connectivity index (χ4n) is 3.04. The highest BCUT2D eigenvalue weighted by molar-refractivity contribution is 8.13. The van der Waals surface area contributed by atoms with Gasteiger partial charge in [0.05, 0.1) is 12.4 Å². The summed E-state index contributed by atoms with van der Waals surface area (Å²) in [4.78, 5) is 24.4. The summed E-state index contributed by atoms with van der Waals surface area (Å²) in [6.07, 6.45) is 7.41. The number of ether oxygens (including phenoxy) is 1. The molecule has 2 heterocycles. The van der Waals surface area contributed by atoms with Crippen LogP contribution >= 0.6 is 11.8 Å². The number of nitrogens with zero attached hydrogens (tertiary/aromatic N) is 3. The van der Waals surface area contributed by atoms with E-state index in [0.717, 1.165) is 18.3 Å². The molecule has 0 saturated carbocycles. The quantitative estimate of drug-likeness (QED) is 0.658. The largest absolute Gasteiger partial charge is 0.463 e. The van der Waals surface area contributed by atoms with Crippen molar-refractivity contribution in [3.05, 3.63) is 47.4 Å². The van der Waals surface area contributed by atoms with Gasteiger partial charge in [0.25, 0.3) is 5.91 Å². The van der Waals surface area contributed by atoms with Gasteiger partial charge in [-0.2, -0.15) is 0 Å². The minimum Gasteiger partial charge on any atom is -0.463 e. The number of carbonyl (C=O) groups excluding carboxylic acids is 1. The van der Waals surface area contributed by atoms with Gasteiger partial charge in [-0.25, -0.2) is 28.1 Å². The molecule has 0 fully saturated rings. The Hall–Kier alpha value is -3.26. The molecular formula is C20H18F3N5O2S. The van der Waals surface area contributed by atoms with Crippen LogP contribution in [0, 0.1) is 29.9 Å². The lowest BCUT2D eigenvalue weighted by molar-refractivity contribution is 0.102. The zero-order valence-electron chi connectivity index (χ0n) is 16.4. The Balaban J connectivity index is 1.92. The van der Waals surface area contributed by atoms with Crippen LogP contribution < -0.4 is 15.8 Å². The summed E-state index contributed by atoms with van der Waals surface area (Å²) >= 11 is 1.21. The van der Waals surface area contributed by atoms with Crippen molar-refractivity contribution in [1.29, 1.82) is 0 Å². The van der Waals surface area contributed by atoms with Crippen molar-refractivity contribution in [2.24, 2.45) is 16.6 Å². The second kappa shape index (κ2) is 9.26. The number of hydrogen-bond donors (Lipinski definition) is 2. The molecule has 2 atom stereocenters. The number of amides is 1. The summed E-state index contributed by atoms with van der Waals surface area (Å²) < 4.78 is 48.3. The SMILES string of the molecule is C#CCOc1cnc(C(=O)Nc2cc(F)c(F)c([C@@]3(CF)N=C(N)SC[C@H]3C)c2)cn1. The summed E-state index contributed by atoms with van der Waals surface area (Å²) in [5.74, 6) is -0.967. The number of aliphatic imine (C=N–C) groups is 1. The predicted molar refractivity (Wildman–Crippen MR) is 112 cm³/mol. The zero-order chi connectivity index (χ0) is 22.6. The van der Waals surface area contributed by atoms with Crippen LogP contribution in [0.3, 0.4) is 0 Å². The number of rotatable bonds is 6. The molecule has 1 aliphatic heterocycles. The predicted octanol–water partition coefficient (Wildman–Crippen LogP) is 2.88. The molecule has 7 nitrogen and oxygen atoms in total. The summed E-state index contributed by atoms with van der Waals surface area (Å²) in [6.45, 7) is 0.566. The van der Waals surface area contributed by atoms with E-state index in [0.29, 0.717) is 5.75 Å².